The van der Waals surface area contributed by atoms with E-state index in [0.717, 1.165) is 0 Å². The van der Waals surface area contributed by atoms with Crippen molar-refractivity contribution in [3.63, 3.8) is 0 Å². The van der Waals surface area contributed by atoms with Gasteiger partial charge in [-0.15, -0.1) is 0 Å². The monoisotopic (exact) mass is 281 g/mol. The Morgan fingerprint density at radius 1 is 1.15 bits per heavy atom. The predicted octanol–water partition coefficient (Wildman–Crippen LogP) is 2.77. The highest BCUT2D eigenvalue weighted by Gasteiger charge is 2.17. The van der Waals surface area contributed by atoms with Gasteiger partial charge in [0.2, 0.25) is 0 Å². The Labute approximate surface area is 114 Å². The van der Waals surface area contributed by atoms with Crippen LogP contribution in [0.4, 0.5) is 8.78 Å². The van der Waals surface area contributed by atoms with E-state index >= 15 is 0 Å². The van der Waals surface area contributed by atoms with Gasteiger partial charge in [0.15, 0.2) is 0 Å². The number of halogens is 2. The fourth-order valence-corrected chi connectivity index (χ4v) is 1.77. The summed E-state index contributed by atoms with van der Waals surface area (Å²) in [5.74, 6) is 0.483. The average molecular weight is 281 g/mol. The van der Waals surface area contributed by atoms with Gasteiger partial charge in [-0.2, -0.15) is 8.78 Å². The fourth-order valence-electron chi connectivity index (χ4n) is 1.77. The van der Waals surface area contributed by atoms with Gasteiger partial charge in [-0.1, -0.05) is 12.1 Å². The summed E-state index contributed by atoms with van der Waals surface area (Å²) >= 11 is 0. The summed E-state index contributed by atoms with van der Waals surface area (Å²) in [5, 5.41) is 10.2. The zero-order valence-electron chi connectivity index (χ0n) is 10.7. The van der Waals surface area contributed by atoms with Crippen molar-refractivity contribution >= 4 is 0 Å². The van der Waals surface area contributed by atoms with E-state index in [4.69, 9.17) is 4.74 Å². The van der Waals surface area contributed by atoms with E-state index < -0.39 is 12.7 Å². The number of benzene rings is 1. The number of hydrogen-bond donors (Lipinski definition) is 1. The van der Waals surface area contributed by atoms with Crippen molar-refractivity contribution in [3.8, 4) is 11.5 Å². The third kappa shape index (κ3) is 3.21. The molecule has 0 spiro atoms. The number of pyridine rings is 1. The molecule has 2 rings (SSSR count). The first-order valence-electron chi connectivity index (χ1n) is 5.83. The van der Waals surface area contributed by atoms with Crippen molar-refractivity contribution in [2.24, 2.45) is 0 Å². The Balaban J connectivity index is 2.22. The molecule has 0 saturated heterocycles. The Morgan fingerprint density at radius 2 is 1.85 bits per heavy atom. The van der Waals surface area contributed by atoms with Crippen LogP contribution in [0.25, 0.3) is 0 Å². The molecule has 0 aliphatic carbocycles. The van der Waals surface area contributed by atoms with E-state index in [9.17, 15) is 13.9 Å². The van der Waals surface area contributed by atoms with Crippen LogP contribution in [0.1, 0.15) is 17.4 Å². The number of methoxy groups -OCH3 is 1. The van der Waals surface area contributed by atoms with Gasteiger partial charge in [-0.3, -0.25) is 4.98 Å². The van der Waals surface area contributed by atoms with Crippen molar-refractivity contribution in [2.75, 3.05) is 7.11 Å². The Morgan fingerprint density at radius 3 is 2.45 bits per heavy atom. The first-order valence-corrected chi connectivity index (χ1v) is 5.83. The number of hydrogen-bond acceptors (Lipinski definition) is 4. The zero-order valence-corrected chi connectivity index (χ0v) is 10.7. The normalized spacial score (nSPS) is 12.2. The zero-order chi connectivity index (χ0) is 14.5. The van der Waals surface area contributed by atoms with Crippen LogP contribution in [0.2, 0.25) is 0 Å². The molecule has 1 heterocycles. The molecule has 4 nitrogen and oxygen atoms in total. The number of aliphatic hydroxyl groups is 1. The van der Waals surface area contributed by atoms with Gasteiger partial charge in [-0.05, 0) is 29.8 Å². The second-order valence-corrected chi connectivity index (χ2v) is 3.94. The fraction of sp³-hybridized carbons (Fsp3) is 0.214. The maximum absolute atomic E-state index is 12.0. The molecule has 1 N–H and O–H groups in total. The van der Waals surface area contributed by atoms with Crippen molar-refractivity contribution in [3.05, 3.63) is 53.9 Å². The lowest BCUT2D eigenvalue weighted by Crippen LogP contribution is -2.05. The van der Waals surface area contributed by atoms with Crippen LogP contribution < -0.4 is 9.47 Å². The molecule has 0 amide bonds. The number of rotatable bonds is 5. The number of alkyl halides is 2. The third-order valence-electron chi connectivity index (χ3n) is 2.70. The minimum absolute atomic E-state index is 0.0314. The molecule has 6 heteroatoms. The maximum atomic E-state index is 12.0. The van der Waals surface area contributed by atoms with E-state index in [2.05, 4.69) is 9.72 Å². The standard InChI is InChI=1S/C14H13F2NO3/c1-19-11-3-2-8-17-12(11)13(18)9-4-6-10(7-5-9)20-14(15)16/h2-8,13-14,18H,1H3. The van der Waals surface area contributed by atoms with E-state index in [1.165, 1.54) is 37.6 Å². The Kier molecular flexibility index (Phi) is 4.47. The smallest absolute Gasteiger partial charge is 0.387 e. The maximum Gasteiger partial charge on any atom is 0.387 e. The molecule has 1 unspecified atom stereocenters. The average Bonchev–Trinajstić information content (AvgIpc) is 2.46. The molecule has 20 heavy (non-hydrogen) atoms. The topological polar surface area (TPSA) is 51.6 Å². The second-order valence-electron chi connectivity index (χ2n) is 3.94. The molecule has 0 radical (unpaired) electrons. The van der Waals surface area contributed by atoms with Crippen LogP contribution in [0.3, 0.4) is 0 Å². The van der Waals surface area contributed by atoms with Crippen LogP contribution >= 0.6 is 0 Å². The van der Waals surface area contributed by atoms with E-state index in [1.54, 1.807) is 12.1 Å². The highest BCUT2D eigenvalue weighted by molar-refractivity contribution is 5.37. The number of aliphatic hydroxyl groups excluding tert-OH is 1. The van der Waals surface area contributed by atoms with Gasteiger partial charge in [-0.25, -0.2) is 0 Å². The summed E-state index contributed by atoms with van der Waals surface area (Å²) < 4.78 is 33.5. The largest absolute Gasteiger partial charge is 0.495 e. The minimum atomic E-state index is -2.87. The van der Waals surface area contributed by atoms with Gasteiger partial charge in [0.25, 0.3) is 0 Å². The van der Waals surface area contributed by atoms with Crippen LogP contribution in [0.5, 0.6) is 11.5 Å². The molecular formula is C14H13F2NO3. The lowest BCUT2D eigenvalue weighted by atomic mass is 10.1. The van der Waals surface area contributed by atoms with Gasteiger partial charge in [0.1, 0.15) is 23.3 Å². The molecule has 2 aromatic rings. The van der Waals surface area contributed by atoms with E-state index in [0.29, 0.717) is 17.0 Å². The highest BCUT2D eigenvalue weighted by Crippen LogP contribution is 2.28. The predicted molar refractivity (Wildman–Crippen MR) is 67.9 cm³/mol. The number of aromatic nitrogens is 1. The first kappa shape index (κ1) is 14.2. The molecule has 1 aromatic carbocycles. The van der Waals surface area contributed by atoms with Gasteiger partial charge < -0.3 is 14.6 Å². The highest BCUT2D eigenvalue weighted by atomic mass is 19.3. The number of nitrogens with zero attached hydrogens (tertiary/aromatic N) is 1. The molecule has 1 atom stereocenters. The summed E-state index contributed by atoms with van der Waals surface area (Å²) in [7, 11) is 1.48. The summed E-state index contributed by atoms with van der Waals surface area (Å²) in [6, 6.07) is 9.09. The molecular weight excluding hydrogens is 268 g/mol. The van der Waals surface area contributed by atoms with Crippen LogP contribution in [-0.2, 0) is 0 Å². The quantitative estimate of drug-likeness (QED) is 0.915. The molecule has 0 aliphatic heterocycles. The molecule has 106 valence electrons. The van der Waals surface area contributed by atoms with Crippen LogP contribution in [0.15, 0.2) is 42.6 Å². The summed E-state index contributed by atoms with van der Waals surface area (Å²) in [6.45, 7) is -2.87. The number of ether oxygens (including phenoxy) is 2. The Hall–Kier alpha value is -2.21. The SMILES string of the molecule is COc1cccnc1C(O)c1ccc(OC(F)F)cc1. The molecule has 0 bridgehead atoms. The van der Waals surface area contributed by atoms with E-state index in [1.807, 2.05) is 0 Å². The molecule has 1 aromatic heterocycles. The Bertz CT molecular complexity index is 561. The van der Waals surface area contributed by atoms with Crippen molar-refractivity contribution in [2.45, 2.75) is 12.7 Å². The molecule has 0 aliphatic rings. The van der Waals surface area contributed by atoms with Gasteiger partial charge in [0, 0.05) is 6.20 Å². The molecule has 0 saturated carbocycles. The minimum Gasteiger partial charge on any atom is -0.495 e. The summed E-state index contributed by atoms with van der Waals surface area (Å²) in [4.78, 5) is 4.07. The van der Waals surface area contributed by atoms with Crippen LogP contribution in [0, 0.1) is 0 Å². The molecule has 0 fully saturated rings. The lowest BCUT2D eigenvalue weighted by molar-refractivity contribution is -0.0498. The van der Waals surface area contributed by atoms with Crippen molar-refractivity contribution < 1.29 is 23.4 Å². The second kappa shape index (κ2) is 6.29. The lowest BCUT2D eigenvalue weighted by Gasteiger charge is -2.14. The van der Waals surface area contributed by atoms with E-state index in [-0.39, 0.29) is 5.75 Å². The van der Waals surface area contributed by atoms with Gasteiger partial charge >= 0.3 is 6.61 Å². The summed E-state index contributed by atoms with van der Waals surface area (Å²) in [6.07, 6.45) is 0.529. The van der Waals surface area contributed by atoms with Crippen molar-refractivity contribution in [1.29, 1.82) is 0 Å². The van der Waals surface area contributed by atoms with Crippen LogP contribution in [-0.4, -0.2) is 23.8 Å². The third-order valence-corrected chi connectivity index (χ3v) is 2.70. The van der Waals surface area contributed by atoms with Crippen molar-refractivity contribution in [1.82, 2.24) is 4.98 Å². The summed E-state index contributed by atoms with van der Waals surface area (Å²) in [5.41, 5.74) is 0.862. The first-order chi connectivity index (χ1) is 9.61. The van der Waals surface area contributed by atoms with Gasteiger partial charge in [0.05, 0.1) is 7.11 Å².